The number of anilines is 1. The van der Waals surface area contributed by atoms with Crippen LogP contribution in [-0.4, -0.2) is 35.6 Å². The number of hydrogen-bond acceptors (Lipinski definition) is 3. The molecule has 0 aromatic heterocycles. The van der Waals surface area contributed by atoms with Crippen LogP contribution < -0.4 is 5.32 Å². The molecule has 0 aliphatic carbocycles. The number of Topliss-reactive ketones (excluding diaryl/α,β-unsaturated/α-hetero) is 1. The Balaban J connectivity index is 1.27. The fourth-order valence-electron chi connectivity index (χ4n) is 4.38. The van der Waals surface area contributed by atoms with E-state index < -0.39 is 0 Å². The van der Waals surface area contributed by atoms with Gasteiger partial charge in [-0.1, -0.05) is 41.4 Å². The highest BCUT2D eigenvalue weighted by Gasteiger charge is 2.30. The molecule has 2 aromatic carbocycles. The maximum absolute atomic E-state index is 12.8. The fourth-order valence-corrected chi connectivity index (χ4v) is 4.68. The quantitative estimate of drug-likeness (QED) is 0.640. The Morgan fingerprint density at radius 1 is 1.03 bits per heavy atom. The Kier molecular flexibility index (Phi) is 6.63. The van der Waals surface area contributed by atoms with Gasteiger partial charge in [-0.25, -0.2) is 0 Å². The van der Waals surface area contributed by atoms with Gasteiger partial charge in [0.1, 0.15) is 0 Å². The summed E-state index contributed by atoms with van der Waals surface area (Å²) in [7, 11) is 0. The first-order chi connectivity index (χ1) is 14.9. The third-order valence-electron chi connectivity index (χ3n) is 6.24. The molecule has 0 spiro atoms. The van der Waals surface area contributed by atoms with Gasteiger partial charge in [0.05, 0.1) is 10.0 Å². The zero-order chi connectivity index (χ0) is 22.0. The number of amides is 2. The van der Waals surface area contributed by atoms with E-state index in [4.69, 9.17) is 23.2 Å². The second-order valence-corrected chi connectivity index (χ2v) is 9.05. The molecule has 7 heteroatoms. The number of fused-ring (bicyclic) bond motifs is 1. The minimum atomic E-state index is -0.187. The van der Waals surface area contributed by atoms with Crippen molar-refractivity contribution in [3.05, 3.63) is 63.6 Å². The number of ketones is 1. The van der Waals surface area contributed by atoms with Crippen molar-refractivity contribution in [3.8, 4) is 0 Å². The van der Waals surface area contributed by atoms with Gasteiger partial charge in [-0.15, -0.1) is 0 Å². The second kappa shape index (κ2) is 9.41. The van der Waals surface area contributed by atoms with E-state index in [2.05, 4.69) is 5.32 Å². The Labute approximate surface area is 191 Å². The molecule has 4 rings (SSSR count). The summed E-state index contributed by atoms with van der Waals surface area (Å²) < 4.78 is 0. The number of carbonyl (C=O) groups excluding carboxylic acids is 3. The lowest BCUT2D eigenvalue weighted by atomic mass is 9.88. The van der Waals surface area contributed by atoms with Crippen LogP contribution in [0, 0.1) is 11.8 Å². The Morgan fingerprint density at radius 2 is 1.77 bits per heavy atom. The molecule has 0 radical (unpaired) electrons. The van der Waals surface area contributed by atoms with Crippen molar-refractivity contribution in [2.45, 2.75) is 32.1 Å². The van der Waals surface area contributed by atoms with Gasteiger partial charge >= 0.3 is 0 Å². The topological polar surface area (TPSA) is 66.5 Å². The minimum absolute atomic E-state index is 0.0163. The summed E-state index contributed by atoms with van der Waals surface area (Å²) in [6.07, 6.45) is 2.78. The van der Waals surface area contributed by atoms with Crippen molar-refractivity contribution in [3.63, 3.8) is 0 Å². The van der Waals surface area contributed by atoms with E-state index in [0.29, 0.717) is 60.8 Å². The maximum Gasteiger partial charge on any atom is 0.227 e. The Hall–Kier alpha value is -2.37. The van der Waals surface area contributed by atoms with Gasteiger partial charge in [0.15, 0.2) is 5.78 Å². The van der Waals surface area contributed by atoms with E-state index in [1.807, 2.05) is 29.2 Å². The van der Waals surface area contributed by atoms with Crippen molar-refractivity contribution in [1.29, 1.82) is 0 Å². The predicted molar refractivity (Wildman–Crippen MR) is 122 cm³/mol. The Bertz CT molecular complexity index is 1020. The number of hydrogen-bond donors (Lipinski definition) is 1. The monoisotopic (exact) mass is 458 g/mol. The molecule has 31 heavy (non-hydrogen) atoms. The third kappa shape index (κ3) is 4.94. The summed E-state index contributed by atoms with van der Waals surface area (Å²) in [5.74, 6) is -0.234. The maximum atomic E-state index is 12.8. The zero-order valence-electron chi connectivity index (χ0n) is 17.1. The van der Waals surface area contributed by atoms with Gasteiger partial charge in [0.2, 0.25) is 11.8 Å². The number of piperidine rings is 1. The molecule has 1 fully saturated rings. The first-order valence-corrected chi connectivity index (χ1v) is 11.3. The molecule has 5 nitrogen and oxygen atoms in total. The molecule has 1 unspecified atom stereocenters. The van der Waals surface area contributed by atoms with Gasteiger partial charge in [0.25, 0.3) is 0 Å². The number of nitrogens with zero attached hydrogens (tertiary/aromatic N) is 1. The van der Waals surface area contributed by atoms with Crippen molar-refractivity contribution in [2.24, 2.45) is 11.8 Å². The number of benzene rings is 2. The molecule has 1 atom stereocenters. The van der Waals surface area contributed by atoms with Crippen molar-refractivity contribution in [1.82, 2.24) is 4.90 Å². The summed E-state index contributed by atoms with van der Waals surface area (Å²) in [5, 5.41) is 3.73. The number of likely N-dealkylation sites (tertiary alicyclic amines) is 1. The van der Waals surface area contributed by atoms with Gasteiger partial charge < -0.3 is 10.2 Å². The molecule has 2 aromatic rings. The highest BCUT2D eigenvalue weighted by Crippen LogP contribution is 2.29. The van der Waals surface area contributed by atoms with Crippen molar-refractivity contribution < 1.29 is 14.4 Å². The van der Waals surface area contributed by atoms with Crippen LogP contribution in [0.3, 0.4) is 0 Å². The SMILES string of the molecule is O=C1Nc2ccccc2CC1CCC(=O)N1CCC(C(=O)c2ccc(Cl)c(Cl)c2)CC1. The zero-order valence-corrected chi connectivity index (χ0v) is 18.6. The molecule has 2 heterocycles. The van der Waals surface area contributed by atoms with E-state index in [0.717, 1.165) is 11.3 Å². The van der Waals surface area contributed by atoms with Crippen LogP contribution in [0.2, 0.25) is 10.0 Å². The summed E-state index contributed by atoms with van der Waals surface area (Å²) in [5.41, 5.74) is 2.53. The van der Waals surface area contributed by atoms with E-state index in [1.54, 1.807) is 18.2 Å². The molecular weight excluding hydrogens is 435 g/mol. The predicted octanol–water partition coefficient (Wildman–Crippen LogP) is 5.01. The highest BCUT2D eigenvalue weighted by atomic mass is 35.5. The van der Waals surface area contributed by atoms with Crippen LogP contribution in [0.5, 0.6) is 0 Å². The largest absolute Gasteiger partial charge is 0.343 e. The molecular formula is C24H24Cl2N2O3. The smallest absolute Gasteiger partial charge is 0.227 e. The fraction of sp³-hybridized carbons (Fsp3) is 0.375. The molecule has 0 bridgehead atoms. The number of para-hydroxylation sites is 1. The van der Waals surface area contributed by atoms with Gasteiger partial charge in [-0.2, -0.15) is 0 Å². The second-order valence-electron chi connectivity index (χ2n) is 8.23. The summed E-state index contributed by atoms with van der Waals surface area (Å²) >= 11 is 12.0. The molecule has 162 valence electrons. The first kappa shape index (κ1) is 21.8. The third-order valence-corrected chi connectivity index (χ3v) is 6.98. The average Bonchev–Trinajstić information content (AvgIpc) is 2.79. The van der Waals surface area contributed by atoms with Crippen LogP contribution in [0.4, 0.5) is 5.69 Å². The molecule has 2 aliphatic heterocycles. The summed E-state index contributed by atoms with van der Waals surface area (Å²) in [6, 6.07) is 12.7. The molecule has 1 N–H and O–H groups in total. The molecule has 1 saturated heterocycles. The normalized spacial score (nSPS) is 19.0. The first-order valence-electron chi connectivity index (χ1n) is 10.6. The van der Waals surface area contributed by atoms with Crippen LogP contribution >= 0.6 is 23.2 Å². The van der Waals surface area contributed by atoms with Crippen molar-refractivity contribution >= 4 is 46.5 Å². The lowest BCUT2D eigenvalue weighted by Gasteiger charge is -2.32. The molecule has 0 saturated carbocycles. The molecule has 2 amide bonds. The summed E-state index contributed by atoms with van der Waals surface area (Å²) in [6.45, 7) is 1.10. The number of nitrogens with one attached hydrogen (secondary N) is 1. The molecule has 2 aliphatic rings. The van der Waals surface area contributed by atoms with Crippen molar-refractivity contribution in [2.75, 3.05) is 18.4 Å². The number of rotatable bonds is 5. The summed E-state index contributed by atoms with van der Waals surface area (Å²) in [4.78, 5) is 39.6. The van der Waals surface area contributed by atoms with Crippen LogP contribution in [-0.2, 0) is 16.0 Å². The van der Waals surface area contributed by atoms with Gasteiger partial charge in [-0.05, 0) is 55.5 Å². The Morgan fingerprint density at radius 3 is 2.52 bits per heavy atom. The highest BCUT2D eigenvalue weighted by molar-refractivity contribution is 6.42. The van der Waals surface area contributed by atoms with E-state index in [-0.39, 0.29) is 29.4 Å². The van der Waals surface area contributed by atoms with Crippen LogP contribution in [0.1, 0.15) is 41.6 Å². The van der Waals surface area contributed by atoms with Gasteiger partial charge in [0, 0.05) is 42.6 Å². The average molecular weight is 459 g/mol. The van der Waals surface area contributed by atoms with E-state index in [1.165, 1.54) is 0 Å². The lowest BCUT2D eigenvalue weighted by molar-refractivity contribution is -0.133. The van der Waals surface area contributed by atoms with Crippen LogP contribution in [0.25, 0.3) is 0 Å². The van der Waals surface area contributed by atoms with E-state index >= 15 is 0 Å². The lowest BCUT2D eigenvalue weighted by Crippen LogP contribution is -2.40. The van der Waals surface area contributed by atoms with Gasteiger partial charge in [-0.3, -0.25) is 14.4 Å². The van der Waals surface area contributed by atoms with Crippen LogP contribution in [0.15, 0.2) is 42.5 Å². The number of carbonyl (C=O) groups is 3. The minimum Gasteiger partial charge on any atom is -0.343 e. The van der Waals surface area contributed by atoms with E-state index in [9.17, 15) is 14.4 Å². The standard InChI is InChI=1S/C24H24Cl2N2O3/c25-19-7-5-17(14-20(19)26)23(30)15-9-11-28(12-10-15)22(29)8-6-18-13-16-3-1-2-4-21(16)27-24(18)31/h1-5,7,14-15,18H,6,8-13H2,(H,27,31). The number of halogens is 2.